The Kier molecular flexibility index (Phi) is 3.13. The molecule has 3 aromatic rings. The number of hydrogen-bond donors (Lipinski definition) is 1. The van der Waals surface area contributed by atoms with Gasteiger partial charge < -0.3 is 4.98 Å². The number of fused-ring (bicyclic) bond motifs is 1. The van der Waals surface area contributed by atoms with Crippen molar-refractivity contribution in [2.24, 2.45) is 0 Å². The number of H-pyrrole nitrogens is 1. The third-order valence-electron chi connectivity index (χ3n) is 3.17. The minimum atomic E-state index is -4.42. The summed E-state index contributed by atoms with van der Waals surface area (Å²) in [5, 5.41) is 0. The van der Waals surface area contributed by atoms with Crippen LogP contribution < -0.4 is 5.69 Å². The number of imidazole rings is 1. The van der Waals surface area contributed by atoms with Gasteiger partial charge in [0.05, 0.1) is 15.9 Å². The molecular formula is C14H10F2N2O3S. The highest BCUT2D eigenvalue weighted by molar-refractivity contribution is 7.90. The maximum Gasteiger partial charge on any atom is 0.340 e. The zero-order valence-electron chi connectivity index (χ0n) is 11.3. The summed E-state index contributed by atoms with van der Waals surface area (Å²) in [6.07, 6.45) is 0. The molecule has 1 N–H and O–H groups in total. The topological polar surface area (TPSA) is 71.9 Å². The first kappa shape index (κ1) is 14.5. The van der Waals surface area contributed by atoms with Gasteiger partial charge in [0.2, 0.25) is 0 Å². The van der Waals surface area contributed by atoms with Crippen LogP contribution in [0.25, 0.3) is 11.0 Å². The van der Waals surface area contributed by atoms with Crippen LogP contribution in [-0.4, -0.2) is 17.4 Å². The Morgan fingerprint density at radius 1 is 1.05 bits per heavy atom. The first-order chi connectivity index (χ1) is 10.3. The number of rotatable bonds is 2. The van der Waals surface area contributed by atoms with Crippen molar-refractivity contribution in [2.45, 2.75) is 11.8 Å². The number of aryl methyl sites for hydroxylation is 1. The standard InChI is InChI=1S/C14H10F2N2O3S/c1-8-2-3-12-13(4-8)18(14(19)17-12)22(20,21)11-6-9(15)5-10(16)7-11/h2-7H,1H3,(H,17,19). The first-order valence-corrected chi connectivity index (χ1v) is 7.66. The minimum absolute atomic E-state index is 0.120. The van der Waals surface area contributed by atoms with Crippen molar-refractivity contribution >= 4 is 21.1 Å². The molecule has 0 radical (unpaired) electrons. The molecule has 5 nitrogen and oxygen atoms in total. The summed E-state index contributed by atoms with van der Waals surface area (Å²) in [6.45, 7) is 1.73. The Hall–Kier alpha value is -2.48. The van der Waals surface area contributed by atoms with Crippen molar-refractivity contribution in [1.82, 2.24) is 8.96 Å². The normalized spacial score (nSPS) is 12.0. The molecule has 3 rings (SSSR count). The lowest BCUT2D eigenvalue weighted by Crippen LogP contribution is -2.25. The highest BCUT2D eigenvalue weighted by Crippen LogP contribution is 2.20. The summed E-state index contributed by atoms with van der Waals surface area (Å²) in [5.41, 5.74) is 0.275. The van der Waals surface area contributed by atoms with Crippen LogP contribution in [-0.2, 0) is 10.0 Å². The molecule has 0 unspecified atom stereocenters. The SMILES string of the molecule is Cc1ccc2[nH]c(=O)n(S(=O)(=O)c3cc(F)cc(F)c3)c2c1. The third-order valence-corrected chi connectivity index (χ3v) is 4.85. The van der Waals surface area contributed by atoms with E-state index in [1.54, 1.807) is 19.1 Å². The maximum atomic E-state index is 13.3. The molecule has 0 saturated heterocycles. The molecule has 0 bridgehead atoms. The predicted molar refractivity (Wildman–Crippen MR) is 76.2 cm³/mol. The fourth-order valence-electron chi connectivity index (χ4n) is 2.21. The molecule has 1 heterocycles. The number of nitrogens with one attached hydrogen (secondary N) is 1. The molecule has 8 heteroatoms. The van der Waals surface area contributed by atoms with E-state index in [-0.39, 0.29) is 5.52 Å². The molecular weight excluding hydrogens is 314 g/mol. The Morgan fingerprint density at radius 2 is 1.68 bits per heavy atom. The van der Waals surface area contributed by atoms with Gasteiger partial charge in [-0.05, 0) is 36.8 Å². The van der Waals surface area contributed by atoms with Crippen LogP contribution in [0.4, 0.5) is 8.78 Å². The van der Waals surface area contributed by atoms with Gasteiger partial charge in [-0.3, -0.25) is 0 Å². The summed E-state index contributed by atoms with van der Waals surface area (Å²) in [5.74, 6) is -2.08. The summed E-state index contributed by atoms with van der Waals surface area (Å²) in [7, 11) is -4.42. The van der Waals surface area contributed by atoms with E-state index in [0.29, 0.717) is 27.7 Å². The Balaban J connectivity index is 2.36. The largest absolute Gasteiger partial charge is 0.340 e. The van der Waals surface area contributed by atoms with Crippen molar-refractivity contribution in [1.29, 1.82) is 0 Å². The summed E-state index contributed by atoms with van der Waals surface area (Å²) >= 11 is 0. The van der Waals surface area contributed by atoms with Gasteiger partial charge in [0.1, 0.15) is 11.6 Å². The molecule has 0 fully saturated rings. The fourth-order valence-corrected chi connectivity index (χ4v) is 3.62. The first-order valence-electron chi connectivity index (χ1n) is 6.22. The summed E-state index contributed by atoms with van der Waals surface area (Å²) in [4.78, 5) is 13.8. The number of nitrogens with zero attached hydrogens (tertiary/aromatic N) is 1. The van der Waals surface area contributed by atoms with Crippen molar-refractivity contribution in [3.63, 3.8) is 0 Å². The molecule has 0 atom stereocenters. The molecule has 0 aliphatic rings. The maximum absolute atomic E-state index is 13.3. The number of hydrogen-bond acceptors (Lipinski definition) is 3. The van der Waals surface area contributed by atoms with Crippen molar-refractivity contribution in [2.75, 3.05) is 0 Å². The second-order valence-electron chi connectivity index (χ2n) is 4.83. The average Bonchev–Trinajstić information content (AvgIpc) is 2.73. The molecule has 2 aromatic carbocycles. The quantitative estimate of drug-likeness (QED) is 0.785. The van der Waals surface area contributed by atoms with Crippen LogP contribution in [0, 0.1) is 18.6 Å². The van der Waals surface area contributed by atoms with Gasteiger partial charge in [-0.2, -0.15) is 3.97 Å². The lowest BCUT2D eigenvalue weighted by molar-refractivity contribution is 0.563. The molecule has 0 amide bonds. The van der Waals surface area contributed by atoms with Crippen LogP contribution in [0.5, 0.6) is 0 Å². The summed E-state index contributed by atoms with van der Waals surface area (Å²) in [6, 6.07) is 6.65. The zero-order chi connectivity index (χ0) is 16.1. The number of benzene rings is 2. The summed E-state index contributed by atoms with van der Waals surface area (Å²) < 4.78 is 52.2. The number of aromatic nitrogens is 2. The van der Waals surface area contributed by atoms with Gasteiger partial charge >= 0.3 is 5.69 Å². The second kappa shape index (κ2) is 4.77. The van der Waals surface area contributed by atoms with E-state index in [0.717, 1.165) is 5.56 Å². The highest BCUT2D eigenvalue weighted by atomic mass is 32.2. The zero-order valence-corrected chi connectivity index (χ0v) is 12.1. The van der Waals surface area contributed by atoms with Crippen LogP contribution in [0.15, 0.2) is 46.1 Å². The van der Waals surface area contributed by atoms with Gasteiger partial charge in [-0.25, -0.2) is 22.0 Å². The van der Waals surface area contributed by atoms with E-state index in [2.05, 4.69) is 4.98 Å². The number of aromatic amines is 1. The van der Waals surface area contributed by atoms with Crippen molar-refractivity contribution in [3.05, 3.63) is 64.1 Å². The van der Waals surface area contributed by atoms with Crippen LogP contribution in [0.3, 0.4) is 0 Å². The molecule has 0 aliphatic carbocycles. The fraction of sp³-hybridized carbons (Fsp3) is 0.0714. The molecule has 22 heavy (non-hydrogen) atoms. The van der Waals surface area contributed by atoms with E-state index >= 15 is 0 Å². The van der Waals surface area contributed by atoms with Crippen LogP contribution in [0.1, 0.15) is 5.56 Å². The Morgan fingerprint density at radius 3 is 2.32 bits per heavy atom. The van der Waals surface area contributed by atoms with Crippen LogP contribution >= 0.6 is 0 Å². The van der Waals surface area contributed by atoms with Crippen molar-refractivity contribution in [3.8, 4) is 0 Å². The van der Waals surface area contributed by atoms with E-state index in [4.69, 9.17) is 0 Å². The second-order valence-corrected chi connectivity index (χ2v) is 6.61. The van der Waals surface area contributed by atoms with Gasteiger partial charge in [-0.1, -0.05) is 6.07 Å². The molecule has 0 aliphatic heterocycles. The monoisotopic (exact) mass is 324 g/mol. The van der Waals surface area contributed by atoms with E-state index < -0.39 is 32.2 Å². The molecule has 0 spiro atoms. The Bertz CT molecular complexity index is 1030. The lowest BCUT2D eigenvalue weighted by atomic mass is 10.2. The number of halogens is 2. The third kappa shape index (κ3) is 2.21. The molecule has 1 aromatic heterocycles. The minimum Gasteiger partial charge on any atom is -0.305 e. The van der Waals surface area contributed by atoms with Crippen molar-refractivity contribution < 1.29 is 17.2 Å². The lowest BCUT2D eigenvalue weighted by Gasteiger charge is -2.06. The van der Waals surface area contributed by atoms with Crippen LogP contribution in [0.2, 0.25) is 0 Å². The van der Waals surface area contributed by atoms with Gasteiger partial charge in [0.15, 0.2) is 0 Å². The molecule has 0 saturated carbocycles. The van der Waals surface area contributed by atoms with Gasteiger partial charge in [0.25, 0.3) is 10.0 Å². The average molecular weight is 324 g/mol. The smallest absolute Gasteiger partial charge is 0.305 e. The molecule has 114 valence electrons. The van der Waals surface area contributed by atoms with E-state index in [9.17, 15) is 22.0 Å². The highest BCUT2D eigenvalue weighted by Gasteiger charge is 2.24. The predicted octanol–water partition coefficient (Wildman–Crippen LogP) is 2.15. The Labute approximate surface area is 123 Å². The van der Waals surface area contributed by atoms with E-state index in [1.165, 1.54) is 6.07 Å². The van der Waals surface area contributed by atoms with Gasteiger partial charge in [-0.15, -0.1) is 0 Å². The van der Waals surface area contributed by atoms with E-state index in [1.807, 2.05) is 0 Å². The van der Waals surface area contributed by atoms with Gasteiger partial charge in [0, 0.05) is 6.07 Å².